The average Bonchev–Trinajstić information content (AvgIpc) is 2.30. The number of benzene rings is 1. The quantitative estimate of drug-likeness (QED) is 0.834. The first-order valence-electron chi connectivity index (χ1n) is 6.29. The van der Waals surface area contributed by atoms with E-state index >= 15 is 0 Å². The summed E-state index contributed by atoms with van der Waals surface area (Å²) in [6.07, 6.45) is 1.77. The van der Waals surface area contributed by atoms with Gasteiger partial charge in [0.2, 0.25) is 5.91 Å². The normalized spacial score (nSPS) is 11.4. The second-order valence-electron chi connectivity index (χ2n) is 5.38. The first kappa shape index (κ1) is 15.6. The van der Waals surface area contributed by atoms with Crippen LogP contribution in [-0.4, -0.2) is 12.5 Å². The van der Waals surface area contributed by atoms with E-state index in [0.717, 1.165) is 18.6 Å². The van der Waals surface area contributed by atoms with Crippen LogP contribution in [0, 0.1) is 17.0 Å². The van der Waals surface area contributed by atoms with Gasteiger partial charge in [-0.15, -0.1) is 0 Å². The smallest absolute Gasteiger partial charge is 0.224 e. The molecule has 0 aliphatic rings. The van der Waals surface area contributed by atoms with E-state index in [1.165, 1.54) is 6.07 Å². The van der Waals surface area contributed by atoms with Crippen LogP contribution >= 0.6 is 0 Å². The van der Waals surface area contributed by atoms with Crippen molar-refractivity contribution in [3.63, 3.8) is 0 Å². The molecule has 0 saturated carbocycles. The van der Waals surface area contributed by atoms with Crippen molar-refractivity contribution in [1.29, 1.82) is 0 Å². The molecule has 0 saturated heterocycles. The summed E-state index contributed by atoms with van der Waals surface area (Å²) in [6.45, 7) is 4.64. The third-order valence-electron chi connectivity index (χ3n) is 3.06. The van der Waals surface area contributed by atoms with Gasteiger partial charge in [-0.25, -0.2) is 8.78 Å². The van der Waals surface area contributed by atoms with Crippen molar-refractivity contribution < 1.29 is 13.6 Å². The van der Waals surface area contributed by atoms with E-state index in [4.69, 9.17) is 5.73 Å². The highest BCUT2D eigenvalue weighted by Gasteiger charge is 2.18. The Kier molecular flexibility index (Phi) is 5.42. The van der Waals surface area contributed by atoms with Crippen LogP contribution in [0.2, 0.25) is 0 Å². The molecular weight excluding hydrogens is 250 g/mol. The van der Waals surface area contributed by atoms with Crippen LogP contribution in [0.15, 0.2) is 18.2 Å². The van der Waals surface area contributed by atoms with Gasteiger partial charge in [-0.05, 0) is 36.9 Å². The maximum Gasteiger partial charge on any atom is 0.224 e. The average molecular weight is 270 g/mol. The fraction of sp³-hybridized carbons (Fsp3) is 0.500. The molecule has 0 aromatic heterocycles. The highest BCUT2D eigenvalue weighted by atomic mass is 19.1. The van der Waals surface area contributed by atoms with Crippen LogP contribution in [0.3, 0.4) is 0 Å². The zero-order valence-electron chi connectivity index (χ0n) is 11.3. The third kappa shape index (κ3) is 5.34. The largest absolute Gasteiger partial charge is 0.330 e. The first-order valence-corrected chi connectivity index (χ1v) is 6.29. The fourth-order valence-corrected chi connectivity index (χ4v) is 1.77. The van der Waals surface area contributed by atoms with E-state index in [1.807, 2.05) is 13.8 Å². The Labute approximate surface area is 112 Å². The van der Waals surface area contributed by atoms with Gasteiger partial charge in [0.05, 0.1) is 5.69 Å². The molecule has 0 unspecified atom stereocenters. The Morgan fingerprint density at radius 2 is 2.00 bits per heavy atom. The number of anilines is 1. The lowest BCUT2D eigenvalue weighted by atomic mass is 9.84. The van der Waals surface area contributed by atoms with Crippen LogP contribution in [0.1, 0.15) is 33.1 Å². The second-order valence-corrected chi connectivity index (χ2v) is 5.38. The van der Waals surface area contributed by atoms with Crippen molar-refractivity contribution in [3.05, 3.63) is 29.8 Å². The van der Waals surface area contributed by atoms with Gasteiger partial charge in [0.25, 0.3) is 0 Å². The minimum atomic E-state index is -0.769. The number of hydrogen-bond donors (Lipinski definition) is 2. The molecule has 106 valence electrons. The van der Waals surface area contributed by atoms with Crippen molar-refractivity contribution in [2.24, 2.45) is 11.1 Å². The number of halogens is 2. The van der Waals surface area contributed by atoms with E-state index < -0.39 is 11.6 Å². The SMILES string of the molecule is CC(C)(CCN)CCC(=O)Nc1ccc(F)cc1F. The van der Waals surface area contributed by atoms with Crippen LogP contribution < -0.4 is 11.1 Å². The molecule has 19 heavy (non-hydrogen) atoms. The topological polar surface area (TPSA) is 55.1 Å². The van der Waals surface area contributed by atoms with Gasteiger partial charge in [-0.3, -0.25) is 4.79 Å². The lowest BCUT2D eigenvalue weighted by molar-refractivity contribution is -0.116. The maximum absolute atomic E-state index is 13.3. The minimum absolute atomic E-state index is 0.00281. The number of nitrogens with two attached hydrogens (primary N) is 1. The van der Waals surface area contributed by atoms with Crippen molar-refractivity contribution >= 4 is 11.6 Å². The first-order chi connectivity index (χ1) is 8.84. The lowest BCUT2D eigenvalue weighted by Gasteiger charge is -2.23. The zero-order chi connectivity index (χ0) is 14.5. The molecule has 1 aromatic rings. The molecule has 0 heterocycles. The van der Waals surface area contributed by atoms with E-state index in [0.29, 0.717) is 13.0 Å². The summed E-state index contributed by atoms with van der Waals surface area (Å²) in [5.74, 6) is -1.72. The van der Waals surface area contributed by atoms with Crippen molar-refractivity contribution in [2.75, 3.05) is 11.9 Å². The van der Waals surface area contributed by atoms with Crippen molar-refractivity contribution in [2.45, 2.75) is 33.1 Å². The van der Waals surface area contributed by atoms with Gasteiger partial charge in [-0.1, -0.05) is 13.8 Å². The molecule has 3 nitrogen and oxygen atoms in total. The lowest BCUT2D eigenvalue weighted by Crippen LogP contribution is -2.21. The molecule has 1 rings (SSSR count). The molecule has 3 N–H and O–H groups in total. The number of hydrogen-bond acceptors (Lipinski definition) is 2. The summed E-state index contributed by atoms with van der Waals surface area (Å²) in [5, 5.41) is 2.44. The molecule has 0 aliphatic carbocycles. The summed E-state index contributed by atoms with van der Waals surface area (Å²) in [7, 11) is 0. The highest BCUT2D eigenvalue weighted by molar-refractivity contribution is 5.90. The molecule has 0 bridgehead atoms. The zero-order valence-corrected chi connectivity index (χ0v) is 11.3. The molecule has 0 spiro atoms. The maximum atomic E-state index is 13.3. The Balaban J connectivity index is 2.52. The summed E-state index contributed by atoms with van der Waals surface area (Å²) < 4.78 is 26.0. The standard InChI is InChI=1S/C14H20F2N2O/c1-14(2,7-8-17)6-5-13(19)18-12-4-3-10(15)9-11(12)16/h3-4,9H,5-8,17H2,1-2H3,(H,18,19). The number of rotatable bonds is 6. The third-order valence-corrected chi connectivity index (χ3v) is 3.06. The monoisotopic (exact) mass is 270 g/mol. The van der Waals surface area contributed by atoms with Gasteiger partial charge in [0.1, 0.15) is 11.6 Å². The van der Waals surface area contributed by atoms with E-state index in [1.54, 1.807) is 0 Å². The molecule has 1 amide bonds. The van der Waals surface area contributed by atoms with Crippen LogP contribution in [0.25, 0.3) is 0 Å². The number of carbonyl (C=O) groups is 1. The van der Waals surface area contributed by atoms with Crippen LogP contribution in [0.4, 0.5) is 14.5 Å². The summed E-state index contributed by atoms with van der Waals surface area (Å²) in [4.78, 5) is 11.7. The molecule has 0 atom stereocenters. The predicted molar refractivity (Wildman–Crippen MR) is 71.7 cm³/mol. The van der Waals surface area contributed by atoms with Gasteiger partial charge in [0.15, 0.2) is 0 Å². The van der Waals surface area contributed by atoms with Gasteiger partial charge < -0.3 is 11.1 Å². The molecule has 0 aliphatic heterocycles. The Morgan fingerprint density at radius 1 is 1.32 bits per heavy atom. The van der Waals surface area contributed by atoms with E-state index in [2.05, 4.69) is 5.32 Å². The Bertz CT molecular complexity index is 447. The second kappa shape index (κ2) is 6.61. The number of amides is 1. The molecule has 5 heteroatoms. The predicted octanol–water partition coefficient (Wildman–Crippen LogP) is 3.06. The van der Waals surface area contributed by atoms with Gasteiger partial charge >= 0.3 is 0 Å². The summed E-state index contributed by atoms with van der Waals surface area (Å²) in [5.41, 5.74) is 5.48. The van der Waals surface area contributed by atoms with Crippen molar-refractivity contribution in [3.8, 4) is 0 Å². The van der Waals surface area contributed by atoms with E-state index in [9.17, 15) is 13.6 Å². The fourth-order valence-electron chi connectivity index (χ4n) is 1.77. The van der Waals surface area contributed by atoms with Crippen molar-refractivity contribution in [1.82, 2.24) is 0 Å². The van der Waals surface area contributed by atoms with Gasteiger partial charge in [-0.2, -0.15) is 0 Å². The molecule has 0 radical (unpaired) electrons. The minimum Gasteiger partial charge on any atom is -0.330 e. The number of nitrogens with one attached hydrogen (secondary N) is 1. The summed E-state index contributed by atoms with van der Waals surface area (Å²) in [6, 6.07) is 3.07. The van der Waals surface area contributed by atoms with Crippen LogP contribution in [0.5, 0.6) is 0 Å². The number of carbonyl (C=O) groups excluding carboxylic acids is 1. The van der Waals surface area contributed by atoms with E-state index in [-0.39, 0.29) is 23.4 Å². The molecule has 1 aromatic carbocycles. The Morgan fingerprint density at radius 3 is 2.58 bits per heavy atom. The molecule has 0 fully saturated rings. The molecular formula is C14H20F2N2O. The summed E-state index contributed by atoms with van der Waals surface area (Å²) >= 11 is 0. The van der Waals surface area contributed by atoms with Gasteiger partial charge in [0, 0.05) is 12.5 Å². The van der Waals surface area contributed by atoms with Crippen LogP contribution in [-0.2, 0) is 4.79 Å². The highest BCUT2D eigenvalue weighted by Crippen LogP contribution is 2.26. The Hall–Kier alpha value is -1.49.